The number of esters is 1. The van der Waals surface area contributed by atoms with Crippen molar-refractivity contribution >= 4 is 18.2 Å². The molecule has 92 valence electrons. The number of hydrogen-bond donors (Lipinski definition) is 0. The molecule has 0 spiro atoms. The van der Waals surface area contributed by atoms with Gasteiger partial charge in [0.05, 0.1) is 7.11 Å². The van der Waals surface area contributed by atoms with Gasteiger partial charge >= 0.3 is 5.97 Å². The topological polar surface area (TPSA) is 63.7 Å². The van der Waals surface area contributed by atoms with Crippen LogP contribution < -0.4 is 0 Å². The number of nitrogens with zero attached hydrogens (tertiary/aromatic N) is 1. The van der Waals surface area contributed by atoms with Gasteiger partial charge in [-0.1, -0.05) is 0 Å². The second-order valence-corrected chi connectivity index (χ2v) is 3.79. The van der Waals surface area contributed by atoms with Crippen LogP contribution in [-0.2, 0) is 19.1 Å². The third kappa shape index (κ3) is 4.00. The Morgan fingerprint density at radius 3 is 2.38 bits per heavy atom. The van der Waals surface area contributed by atoms with Gasteiger partial charge in [-0.05, 0) is 20.3 Å². The lowest BCUT2D eigenvalue weighted by atomic mass is 10.1. The number of methoxy groups -OCH3 is 1. The minimum atomic E-state index is -0.798. The van der Waals surface area contributed by atoms with E-state index in [4.69, 9.17) is 0 Å². The van der Waals surface area contributed by atoms with E-state index in [0.717, 1.165) is 6.29 Å². The van der Waals surface area contributed by atoms with Crippen LogP contribution in [0.2, 0.25) is 0 Å². The number of carbonyl (C=O) groups excluding carboxylic acids is 3. The molecular weight excluding hydrogens is 210 g/mol. The van der Waals surface area contributed by atoms with Crippen molar-refractivity contribution in [3.05, 3.63) is 0 Å². The van der Waals surface area contributed by atoms with E-state index in [1.54, 1.807) is 7.05 Å². The summed E-state index contributed by atoms with van der Waals surface area (Å²) in [6.45, 7) is 3.35. The van der Waals surface area contributed by atoms with Crippen molar-refractivity contribution in [2.24, 2.45) is 5.92 Å². The van der Waals surface area contributed by atoms with Crippen LogP contribution in [0.4, 0.5) is 0 Å². The maximum atomic E-state index is 11.8. The van der Waals surface area contributed by atoms with E-state index < -0.39 is 11.9 Å². The Bertz CT molecular complexity index is 265. The Hall–Kier alpha value is -1.39. The van der Waals surface area contributed by atoms with Crippen LogP contribution in [-0.4, -0.2) is 43.3 Å². The summed E-state index contributed by atoms with van der Waals surface area (Å²) in [7, 11) is 2.87. The van der Waals surface area contributed by atoms with Crippen LogP contribution in [0, 0.1) is 5.92 Å². The van der Waals surface area contributed by atoms with E-state index in [2.05, 4.69) is 4.74 Å². The SMILES string of the molecule is COC(=O)C(C)C(=O)N(C)C(C)CCC=O. The summed E-state index contributed by atoms with van der Waals surface area (Å²) >= 11 is 0. The van der Waals surface area contributed by atoms with E-state index in [9.17, 15) is 14.4 Å². The summed E-state index contributed by atoms with van der Waals surface area (Å²) in [5.41, 5.74) is 0. The molecule has 5 nitrogen and oxygen atoms in total. The van der Waals surface area contributed by atoms with Gasteiger partial charge in [-0.15, -0.1) is 0 Å². The van der Waals surface area contributed by atoms with Crippen molar-refractivity contribution in [3.63, 3.8) is 0 Å². The summed E-state index contributed by atoms with van der Waals surface area (Å²) < 4.78 is 4.50. The molecule has 1 amide bonds. The summed E-state index contributed by atoms with van der Waals surface area (Å²) in [6, 6.07) is -0.0650. The highest BCUT2D eigenvalue weighted by Crippen LogP contribution is 2.09. The molecule has 2 atom stereocenters. The van der Waals surface area contributed by atoms with Crippen molar-refractivity contribution in [2.45, 2.75) is 32.7 Å². The van der Waals surface area contributed by atoms with Crippen LogP contribution in [0.1, 0.15) is 26.7 Å². The lowest BCUT2D eigenvalue weighted by Crippen LogP contribution is -2.41. The van der Waals surface area contributed by atoms with Gasteiger partial charge in [-0.2, -0.15) is 0 Å². The minimum absolute atomic E-state index is 0.0650. The molecule has 0 aliphatic heterocycles. The van der Waals surface area contributed by atoms with E-state index in [1.807, 2.05) is 6.92 Å². The summed E-state index contributed by atoms with van der Waals surface area (Å²) in [5.74, 6) is -1.63. The number of amides is 1. The molecule has 0 saturated carbocycles. The van der Waals surface area contributed by atoms with Gasteiger partial charge in [0, 0.05) is 19.5 Å². The lowest BCUT2D eigenvalue weighted by Gasteiger charge is -2.26. The summed E-state index contributed by atoms with van der Waals surface area (Å²) in [6.07, 6.45) is 1.82. The standard InChI is InChI=1S/C11H19NO4/c1-8(6-5-7-13)12(3)10(14)9(2)11(15)16-4/h7-9H,5-6H2,1-4H3. The lowest BCUT2D eigenvalue weighted by molar-refractivity contribution is -0.153. The normalized spacial score (nSPS) is 13.8. The highest BCUT2D eigenvalue weighted by molar-refractivity contribution is 5.97. The van der Waals surface area contributed by atoms with Gasteiger partial charge in [0.25, 0.3) is 0 Å². The van der Waals surface area contributed by atoms with E-state index in [-0.39, 0.29) is 11.9 Å². The third-order valence-electron chi connectivity index (χ3n) is 2.64. The van der Waals surface area contributed by atoms with Crippen LogP contribution in [0.25, 0.3) is 0 Å². The van der Waals surface area contributed by atoms with E-state index in [1.165, 1.54) is 18.9 Å². The zero-order valence-electron chi connectivity index (χ0n) is 10.2. The fourth-order valence-corrected chi connectivity index (χ4v) is 1.30. The van der Waals surface area contributed by atoms with Crippen LogP contribution in [0.3, 0.4) is 0 Å². The Labute approximate surface area is 95.7 Å². The molecule has 0 aliphatic rings. The van der Waals surface area contributed by atoms with Gasteiger partial charge in [-0.3, -0.25) is 9.59 Å². The Morgan fingerprint density at radius 1 is 1.38 bits per heavy atom. The first kappa shape index (κ1) is 14.6. The van der Waals surface area contributed by atoms with Gasteiger partial charge in [0.1, 0.15) is 12.2 Å². The quantitative estimate of drug-likeness (QED) is 0.380. The first-order chi connectivity index (χ1) is 7.45. The first-order valence-corrected chi connectivity index (χ1v) is 5.23. The zero-order chi connectivity index (χ0) is 12.7. The van der Waals surface area contributed by atoms with Crippen LogP contribution >= 0.6 is 0 Å². The van der Waals surface area contributed by atoms with Crippen molar-refractivity contribution in [3.8, 4) is 0 Å². The molecule has 0 bridgehead atoms. The average Bonchev–Trinajstić information content (AvgIpc) is 2.31. The van der Waals surface area contributed by atoms with Crippen LogP contribution in [0.15, 0.2) is 0 Å². The minimum Gasteiger partial charge on any atom is -0.468 e. The molecule has 0 aromatic heterocycles. The molecule has 0 aliphatic carbocycles. The smallest absolute Gasteiger partial charge is 0.317 e. The Morgan fingerprint density at radius 2 is 1.94 bits per heavy atom. The summed E-state index contributed by atoms with van der Waals surface area (Å²) in [5, 5.41) is 0. The molecule has 0 fully saturated rings. The molecule has 0 aromatic rings. The highest BCUT2D eigenvalue weighted by atomic mass is 16.5. The summed E-state index contributed by atoms with van der Waals surface area (Å²) in [4.78, 5) is 34.6. The maximum absolute atomic E-state index is 11.8. The fourth-order valence-electron chi connectivity index (χ4n) is 1.30. The number of ether oxygens (including phenoxy) is 1. The fraction of sp³-hybridized carbons (Fsp3) is 0.727. The van der Waals surface area contributed by atoms with Crippen molar-refractivity contribution in [1.82, 2.24) is 4.90 Å². The molecule has 0 rings (SSSR count). The molecule has 0 N–H and O–H groups in total. The van der Waals surface area contributed by atoms with E-state index in [0.29, 0.717) is 12.8 Å². The zero-order valence-corrected chi connectivity index (χ0v) is 10.2. The maximum Gasteiger partial charge on any atom is 0.317 e. The number of carbonyl (C=O) groups is 3. The predicted molar refractivity (Wildman–Crippen MR) is 58.7 cm³/mol. The Balaban J connectivity index is 4.36. The average molecular weight is 229 g/mol. The van der Waals surface area contributed by atoms with Crippen molar-refractivity contribution in [1.29, 1.82) is 0 Å². The molecule has 0 aromatic carbocycles. The Kier molecular flexibility index (Phi) is 6.37. The van der Waals surface area contributed by atoms with Crippen molar-refractivity contribution < 1.29 is 19.1 Å². The second-order valence-electron chi connectivity index (χ2n) is 3.79. The molecule has 2 unspecified atom stereocenters. The molecule has 0 heterocycles. The second kappa shape index (κ2) is 6.98. The molecular formula is C11H19NO4. The first-order valence-electron chi connectivity index (χ1n) is 5.23. The monoisotopic (exact) mass is 229 g/mol. The van der Waals surface area contributed by atoms with Crippen molar-refractivity contribution in [2.75, 3.05) is 14.2 Å². The molecule has 0 radical (unpaired) electrons. The third-order valence-corrected chi connectivity index (χ3v) is 2.64. The van der Waals surface area contributed by atoms with Gasteiger partial charge in [0.2, 0.25) is 5.91 Å². The van der Waals surface area contributed by atoms with E-state index >= 15 is 0 Å². The molecule has 0 saturated heterocycles. The molecule has 5 heteroatoms. The molecule has 16 heavy (non-hydrogen) atoms. The predicted octanol–water partition coefficient (Wildman–Crippen LogP) is 0.621. The largest absolute Gasteiger partial charge is 0.468 e. The number of hydrogen-bond acceptors (Lipinski definition) is 4. The van der Waals surface area contributed by atoms with Gasteiger partial charge in [0.15, 0.2) is 0 Å². The number of aldehydes is 1. The van der Waals surface area contributed by atoms with Crippen LogP contribution in [0.5, 0.6) is 0 Å². The van der Waals surface area contributed by atoms with Gasteiger partial charge in [-0.25, -0.2) is 0 Å². The van der Waals surface area contributed by atoms with Gasteiger partial charge < -0.3 is 14.4 Å². The number of rotatable bonds is 6. The highest BCUT2D eigenvalue weighted by Gasteiger charge is 2.27.